The van der Waals surface area contributed by atoms with Crippen LogP contribution < -0.4 is 5.32 Å². The van der Waals surface area contributed by atoms with E-state index in [4.69, 9.17) is 5.26 Å². The second kappa shape index (κ2) is 5.85. The van der Waals surface area contributed by atoms with Crippen molar-refractivity contribution in [2.45, 2.75) is 13.5 Å². The minimum absolute atomic E-state index is 0.0979. The number of anilines is 1. The molecule has 0 aromatic heterocycles. The van der Waals surface area contributed by atoms with Crippen molar-refractivity contribution in [2.75, 3.05) is 5.32 Å². The zero-order valence-corrected chi connectivity index (χ0v) is 11.0. The first kappa shape index (κ1) is 13.6. The van der Waals surface area contributed by atoms with Crippen LogP contribution in [0.3, 0.4) is 0 Å². The molecule has 5 nitrogen and oxygen atoms in total. The summed E-state index contributed by atoms with van der Waals surface area (Å²) in [6.07, 6.45) is 0. The van der Waals surface area contributed by atoms with Gasteiger partial charge in [-0.05, 0) is 30.7 Å². The normalized spacial score (nSPS) is 9.80. The lowest BCUT2D eigenvalue weighted by molar-refractivity contribution is -0.385. The summed E-state index contributed by atoms with van der Waals surface area (Å²) in [7, 11) is 0. The van der Waals surface area contributed by atoms with Gasteiger partial charge in [-0.1, -0.05) is 18.2 Å². The molecule has 0 saturated heterocycles. The Morgan fingerprint density at radius 3 is 2.80 bits per heavy atom. The maximum Gasteiger partial charge on any atom is 0.274 e. The predicted molar refractivity (Wildman–Crippen MR) is 76.3 cm³/mol. The molecule has 5 heteroatoms. The van der Waals surface area contributed by atoms with E-state index in [0.717, 1.165) is 5.56 Å². The van der Waals surface area contributed by atoms with E-state index in [2.05, 4.69) is 11.4 Å². The summed E-state index contributed by atoms with van der Waals surface area (Å²) >= 11 is 0. The highest BCUT2D eigenvalue weighted by Crippen LogP contribution is 2.22. The molecule has 2 aromatic rings. The first-order chi connectivity index (χ1) is 9.60. The van der Waals surface area contributed by atoms with Crippen LogP contribution in [0.1, 0.15) is 16.7 Å². The molecule has 0 atom stereocenters. The minimum atomic E-state index is -0.392. The smallest absolute Gasteiger partial charge is 0.274 e. The Morgan fingerprint density at radius 2 is 2.10 bits per heavy atom. The van der Waals surface area contributed by atoms with E-state index in [-0.39, 0.29) is 5.69 Å². The molecular weight excluding hydrogens is 254 g/mol. The third-order valence-corrected chi connectivity index (χ3v) is 2.96. The third-order valence-electron chi connectivity index (χ3n) is 2.96. The lowest BCUT2D eigenvalue weighted by Crippen LogP contribution is -2.01. The predicted octanol–water partition coefficient (Wildman–Crippen LogP) is 3.39. The van der Waals surface area contributed by atoms with Gasteiger partial charge in [-0.15, -0.1) is 0 Å². The van der Waals surface area contributed by atoms with Crippen LogP contribution in [0.25, 0.3) is 0 Å². The zero-order chi connectivity index (χ0) is 14.5. The van der Waals surface area contributed by atoms with E-state index in [9.17, 15) is 10.1 Å². The maximum atomic E-state index is 10.9. The number of nitrogens with zero attached hydrogens (tertiary/aromatic N) is 2. The summed E-state index contributed by atoms with van der Waals surface area (Å²) in [5, 5.41) is 22.8. The van der Waals surface area contributed by atoms with Crippen molar-refractivity contribution in [3.63, 3.8) is 0 Å². The fourth-order valence-corrected chi connectivity index (χ4v) is 1.87. The highest BCUT2D eigenvalue weighted by atomic mass is 16.6. The molecule has 0 fully saturated rings. The zero-order valence-electron chi connectivity index (χ0n) is 11.0. The van der Waals surface area contributed by atoms with Crippen LogP contribution >= 0.6 is 0 Å². The number of nitro groups is 1. The van der Waals surface area contributed by atoms with Crippen LogP contribution in [0.2, 0.25) is 0 Å². The van der Waals surface area contributed by atoms with E-state index in [0.29, 0.717) is 23.4 Å². The van der Waals surface area contributed by atoms with Gasteiger partial charge in [-0.25, -0.2) is 0 Å². The molecule has 0 saturated carbocycles. The van der Waals surface area contributed by atoms with Gasteiger partial charge in [0.15, 0.2) is 0 Å². The molecule has 0 aliphatic heterocycles. The lowest BCUT2D eigenvalue weighted by atomic mass is 10.1. The minimum Gasteiger partial charge on any atom is -0.381 e. The molecular formula is C15H13N3O2. The largest absolute Gasteiger partial charge is 0.381 e. The Morgan fingerprint density at radius 1 is 1.30 bits per heavy atom. The van der Waals surface area contributed by atoms with Gasteiger partial charge in [0.25, 0.3) is 5.69 Å². The molecule has 0 spiro atoms. The molecule has 0 amide bonds. The molecule has 0 bridgehead atoms. The SMILES string of the molecule is Cc1ccc(NCc2cccc(C#N)c2)cc1[N+](=O)[O-]. The summed E-state index contributed by atoms with van der Waals surface area (Å²) in [4.78, 5) is 10.5. The third kappa shape index (κ3) is 3.12. The molecule has 2 rings (SSSR count). The fourth-order valence-electron chi connectivity index (χ4n) is 1.87. The first-order valence-electron chi connectivity index (χ1n) is 6.08. The van der Waals surface area contributed by atoms with Gasteiger partial charge in [0.1, 0.15) is 0 Å². The van der Waals surface area contributed by atoms with Crippen molar-refractivity contribution >= 4 is 11.4 Å². The summed E-state index contributed by atoms with van der Waals surface area (Å²) in [5.74, 6) is 0. The molecule has 20 heavy (non-hydrogen) atoms. The second-order valence-electron chi connectivity index (χ2n) is 4.42. The van der Waals surface area contributed by atoms with Gasteiger partial charge in [0.2, 0.25) is 0 Å². The fraction of sp³-hybridized carbons (Fsp3) is 0.133. The highest BCUT2D eigenvalue weighted by Gasteiger charge is 2.10. The molecule has 2 aromatic carbocycles. The summed E-state index contributed by atoms with van der Waals surface area (Å²) in [6, 6.07) is 14.3. The number of nitro benzene ring substituents is 1. The van der Waals surface area contributed by atoms with Crippen LogP contribution in [0, 0.1) is 28.4 Å². The average Bonchev–Trinajstić information content (AvgIpc) is 2.46. The standard InChI is InChI=1S/C15H13N3O2/c1-11-5-6-14(8-15(11)18(19)20)17-10-13-4-2-3-12(7-13)9-16/h2-8,17H,10H2,1H3. The summed E-state index contributed by atoms with van der Waals surface area (Å²) in [6.45, 7) is 2.22. The number of benzene rings is 2. The molecule has 100 valence electrons. The Bertz CT molecular complexity index is 690. The van der Waals surface area contributed by atoms with Gasteiger partial charge < -0.3 is 5.32 Å². The summed E-state index contributed by atoms with van der Waals surface area (Å²) in [5.41, 5.74) is 2.96. The Balaban J connectivity index is 2.13. The van der Waals surface area contributed by atoms with Gasteiger partial charge in [0, 0.05) is 23.9 Å². The van der Waals surface area contributed by atoms with E-state index in [1.165, 1.54) is 6.07 Å². The number of nitriles is 1. The van der Waals surface area contributed by atoms with Crippen LogP contribution in [-0.4, -0.2) is 4.92 Å². The average molecular weight is 267 g/mol. The number of hydrogen-bond donors (Lipinski definition) is 1. The van der Waals surface area contributed by atoms with E-state index < -0.39 is 4.92 Å². The van der Waals surface area contributed by atoms with Gasteiger partial charge >= 0.3 is 0 Å². The van der Waals surface area contributed by atoms with E-state index in [1.807, 2.05) is 12.1 Å². The summed E-state index contributed by atoms with van der Waals surface area (Å²) < 4.78 is 0. The van der Waals surface area contributed by atoms with Gasteiger partial charge in [-0.3, -0.25) is 10.1 Å². The number of nitrogens with one attached hydrogen (secondary N) is 1. The molecule has 0 aliphatic carbocycles. The molecule has 0 aliphatic rings. The van der Waals surface area contributed by atoms with Crippen molar-refractivity contribution in [2.24, 2.45) is 0 Å². The molecule has 0 radical (unpaired) electrons. The monoisotopic (exact) mass is 267 g/mol. The van der Waals surface area contributed by atoms with Crippen molar-refractivity contribution in [3.05, 3.63) is 69.3 Å². The van der Waals surface area contributed by atoms with Crippen molar-refractivity contribution in [3.8, 4) is 6.07 Å². The van der Waals surface area contributed by atoms with Crippen molar-refractivity contribution in [1.29, 1.82) is 5.26 Å². The molecule has 1 N–H and O–H groups in total. The van der Waals surface area contributed by atoms with Crippen LogP contribution in [0.15, 0.2) is 42.5 Å². The Hall–Kier alpha value is -2.87. The molecule has 0 unspecified atom stereocenters. The number of hydrogen-bond acceptors (Lipinski definition) is 4. The number of aryl methyl sites for hydroxylation is 1. The van der Waals surface area contributed by atoms with E-state index >= 15 is 0 Å². The van der Waals surface area contributed by atoms with Crippen LogP contribution in [0.5, 0.6) is 0 Å². The number of rotatable bonds is 4. The second-order valence-corrected chi connectivity index (χ2v) is 4.42. The lowest BCUT2D eigenvalue weighted by Gasteiger charge is -2.07. The van der Waals surface area contributed by atoms with Crippen molar-refractivity contribution in [1.82, 2.24) is 0 Å². The molecule has 0 heterocycles. The highest BCUT2D eigenvalue weighted by molar-refractivity contribution is 5.55. The van der Waals surface area contributed by atoms with Gasteiger partial charge in [0.05, 0.1) is 16.6 Å². The first-order valence-corrected chi connectivity index (χ1v) is 6.08. The topological polar surface area (TPSA) is 79.0 Å². The van der Waals surface area contributed by atoms with Crippen LogP contribution in [-0.2, 0) is 6.54 Å². The maximum absolute atomic E-state index is 10.9. The van der Waals surface area contributed by atoms with Crippen LogP contribution in [0.4, 0.5) is 11.4 Å². The van der Waals surface area contributed by atoms with Crippen molar-refractivity contribution < 1.29 is 4.92 Å². The Kier molecular flexibility index (Phi) is 3.96. The van der Waals surface area contributed by atoms with Gasteiger partial charge in [-0.2, -0.15) is 5.26 Å². The van der Waals surface area contributed by atoms with E-state index in [1.54, 1.807) is 31.2 Å². The Labute approximate surface area is 116 Å². The quantitative estimate of drug-likeness (QED) is 0.680.